The molecule has 0 fully saturated rings. The molecule has 0 spiro atoms. The molecule has 9 rings (SSSR count). The van der Waals surface area contributed by atoms with Crippen LogP contribution in [0.1, 0.15) is 46.6 Å². The van der Waals surface area contributed by atoms with Crippen LogP contribution in [0.5, 0.6) is 11.8 Å². The fourth-order valence-corrected chi connectivity index (χ4v) is 7.09. The summed E-state index contributed by atoms with van der Waals surface area (Å²) in [6.07, 6.45) is 19.6. The average Bonchev–Trinajstić information content (AvgIpc) is 3.98. The Hall–Kier alpha value is -9.87. The third kappa shape index (κ3) is 14.1. The summed E-state index contributed by atoms with van der Waals surface area (Å²) in [5.74, 6) is 9.87. The molecule has 0 saturated carbocycles. The van der Waals surface area contributed by atoms with E-state index in [-0.39, 0.29) is 17.9 Å². The van der Waals surface area contributed by atoms with Crippen LogP contribution in [0.3, 0.4) is 0 Å². The molecule has 22 heteroatoms. The van der Waals surface area contributed by atoms with Crippen LogP contribution in [0.2, 0.25) is 0 Å². The maximum Gasteiger partial charge on any atom is 0.295 e. The van der Waals surface area contributed by atoms with Crippen LogP contribution in [0.4, 0.5) is 0 Å². The summed E-state index contributed by atoms with van der Waals surface area (Å²) < 4.78 is 45.4. The Morgan fingerprint density at radius 2 is 1.24 bits per heavy atom. The quantitative estimate of drug-likeness (QED) is 0.0869. The number of H-pyrrole nitrogens is 1. The minimum atomic E-state index is -4.08. The molecule has 1 aromatic carbocycles. The zero-order valence-electron chi connectivity index (χ0n) is 37.4. The lowest BCUT2D eigenvalue weighted by Gasteiger charge is -2.07. The zero-order valence-corrected chi connectivity index (χ0v) is 38.2. The van der Waals surface area contributed by atoms with Gasteiger partial charge in [0.2, 0.25) is 30.0 Å². The van der Waals surface area contributed by atoms with Crippen LogP contribution >= 0.6 is 0 Å². The van der Waals surface area contributed by atoms with Gasteiger partial charge in [-0.1, -0.05) is 29.8 Å². The van der Waals surface area contributed by atoms with Gasteiger partial charge in [0.15, 0.2) is 5.82 Å². The minimum absolute atomic E-state index is 0. The number of nitrogens with one attached hydrogen (secondary N) is 1. The highest BCUT2D eigenvalue weighted by atomic mass is 32.2. The molecule has 0 amide bonds. The van der Waals surface area contributed by atoms with Gasteiger partial charge in [0.1, 0.15) is 5.82 Å². The fourth-order valence-electron chi connectivity index (χ4n) is 6.16. The first-order valence-corrected chi connectivity index (χ1v) is 21.3. The molecule has 21 nitrogen and oxygen atoms in total. The van der Waals surface area contributed by atoms with Crippen LogP contribution in [-0.4, -0.2) is 76.3 Å². The lowest BCUT2D eigenvalue weighted by molar-refractivity contribution is -0.638. The smallest absolute Gasteiger partial charge is 0.295 e. The van der Waals surface area contributed by atoms with E-state index < -0.39 is 10.1 Å². The zero-order chi connectivity index (χ0) is 50.1. The Balaban J connectivity index is 0.000000195. The number of aryl methyl sites for hydroxylation is 3. The molecule has 0 aliphatic carbocycles. The van der Waals surface area contributed by atoms with Crippen LogP contribution < -0.4 is 25.6 Å². The molecular weight excluding hydrogens is 915 g/mol. The molecule has 0 atom stereocenters. The molecule has 9 aromatic rings. The second-order valence-corrected chi connectivity index (χ2v) is 15.3. The van der Waals surface area contributed by atoms with E-state index in [1.807, 2.05) is 13.0 Å². The number of fused-ring (bicyclic) bond motifs is 2. The largest absolute Gasteiger partial charge is 0.481 e. The van der Waals surface area contributed by atoms with Gasteiger partial charge < -0.3 is 14.5 Å². The number of rotatable bonds is 5. The minimum Gasteiger partial charge on any atom is -0.481 e. The summed E-state index contributed by atoms with van der Waals surface area (Å²) in [5, 5.41) is 34.5. The van der Waals surface area contributed by atoms with Crippen molar-refractivity contribution in [3.63, 3.8) is 0 Å². The summed E-state index contributed by atoms with van der Waals surface area (Å²) in [6, 6.07) is 24.4. The first kappa shape index (κ1) is 52.8. The van der Waals surface area contributed by atoms with Gasteiger partial charge >= 0.3 is 0 Å². The molecule has 8 heterocycles. The number of methoxy groups -OCH3 is 2. The van der Waals surface area contributed by atoms with Crippen molar-refractivity contribution in [3.05, 3.63) is 172 Å². The highest BCUT2D eigenvalue weighted by molar-refractivity contribution is 7.86. The predicted molar refractivity (Wildman–Crippen MR) is 256 cm³/mol. The molecule has 0 radical (unpaired) electrons. The van der Waals surface area contributed by atoms with Gasteiger partial charge in [-0.3, -0.25) is 9.35 Å². The van der Waals surface area contributed by atoms with E-state index >= 15 is 0 Å². The second-order valence-electron chi connectivity index (χ2n) is 14.0. The number of terminal acetylenes is 1. The van der Waals surface area contributed by atoms with Crippen LogP contribution in [-0.2, 0) is 10.1 Å². The van der Waals surface area contributed by atoms with E-state index in [1.54, 1.807) is 140 Å². The third-order valence-corrected chi connectivity index (χ3v) is 10.3. The number of hydrogen-bond donors (Lipinski definition) is 3. The molecule has 0 saturated heterocycles. The third-order valence-electron chi connectivity index (χ3n) is 9.12. The van der Waals surface area contributed by atoms with Gasteiger partial charge in [0, 0.05) is 61.3 Å². The van der Waals surface area contributed by atoms with Gasteiger partial charge in [-0.2, -0.15) is 44.4 Å². The van der Waals surface area contributed by atoms with Crippen LogP contribution in [0.15, 0.2) is 132 Å². The number of pyridine rings is 3. The topological polar surface area (TPSA) is 306 Å². The second kappa shape index (κ2) is 24.6. The van der Waals surface area contributed by atoms with Crippen molar-refractivity contribution in [2.75, 3.05) is 20.1 Å². The summed E-state index contributed by atoms with van der Waals surface area (Å²) in [4.78, 5) is 34.1. The number of nitrogen functional groups attached to an aromatic ring is 1. The van der Waals surface area contributed by atoms with Crippen molar-refractivity contribution < 1.29 is 27.1 Å². The van der Waals surface area contributed by atoms with Gasteiger partial charge in [0.05, 0.1) is 88.6 Å². The van der Waals surface area contributed by atoms with Gasteiger partial charge in [-0.15, -0.1) is 6.42 Å². The number of ether oxygens (including phenoxy) is 2. The molecule has 0 bridgehead atoms. The van der Waals surface area contributed by atoms with Crippen molar-refractivity contribution in [2.24, 2.45) is 0 Å². The average molecular weight is 959 g/mol. The van der Waals surface area contributed by atoms with Gasteiger partial charge in [-0.05, 0) is 62.1 Å². The Bertz CT molecular complexity index is 3580. The van der Waals surface area contributed by atoms with Gasteiger partial charge in [-0.25, -0.2) is 29.8 Å². The fraction of sp³-hybridized carbons (Fsp3) is 0.125. The molecular formula is C48H44N15O6S+. The maximum atomic E-state index is 11.3. The van der Waals surface area contributed by atoms with Crippen LogP contribution in [0, 0.1) is 67.1 Å². The maximum absolute atomic E-state index is 11.3. The number of benzene rings is 1. The predicted octanol–water partition coefficient (Wildman–Crippen LogP) is 5.15. The van der Waals surface area contributed by atoms with Crippen molar-refractivity contribution in [1.82, 2.24) is 49.1 Å². The SMILES string of the molecule is C.C#Cc1nccc(OC)n1.COc1ccnc(-c2cnn3ccc(C#N)cc23)n1.Cc1cc(C)c(S(=O)(=O)O)c(C)c1.N#Cc1cc[n+](N)cc1.N#Cc1ccn2ncc(-c3nccc(=O)[nH]3)c2c1. The molecule has 8 aromatic heterocycles. The molecule has 4 N–H and O–H groups in total. The van der Waals surface area contributed by atoms with E-state index in [1.165, 1.54) is 24.0 Å². The van der Waals surface area contributed by atoms with E-state index in [0.717, 1.165) is 22.2 Å². The number of hydrogen-bond acceptors (Lipinski definition) is 16. The van der Waals surface area contributed by atoms with Crippen molar-refractivity contribution in [1.29, 1.82) is 15.8 Å². The highest BCUT2D eigenvalue weighted by Crippen LogP contribution is 2.24. The first-order valence-electron chi connectivity index (χ1n) is 19.8. The summed E-state index contributed by atoms with van der Waals surface area (Å²) in [5.41, 5.74) is 6.60. The number of nitriles is 3. The standard InChI is InChI=1S/C13H9N5O.C12H7N5O.C9H12O3S.C7H6N2O.C6H6N3.CH4/c1-19-12-2-4-15-13(17-12)10-8-16-18-5-3-9(7-14)6-11(10)18;13-6-8-2-4-17-10(5-8)9(7-15-17)12-14-3-1-11(18)16-12;1-6-4-7(2)9(8(3)5-6)13(10,11)12;1-3-6-8-5-4-7(9-6)10-2;7-5-6-1-3-9(8)4-2-6;/h2-6,8H,1H3;1-5,7H,(H,14,16,18);4-5H,1-3H3,(H,10,11,12);1,4-5H,2H3;1-4H,8H2;1H4/q;;;;+1;. The van der Waals surface area contributed by atoms with Crippen molar-refractivity contribution in [2.45, 2.75) is 33.1 Å². The Labute approximate surface area is 402 Å². The lowest BCUT2D eigenvalue weighted by Crippen LogP contribution is -2.43. The summed E-state index contributed by atoms with van der Waals surface area (Å²) >= 11 is 0. The highest BCUT2D eigenvalue weighted by Gasteiger charge is 2.16. The Kier molecular flexibility index (Phi) is 18.5. The van der Waals surface area contributed by atoms with Gasteiger partial charge in [0.25, 0.3) is 15.7 Å². The lowest BCUT2D eigenvalue weighted by atomic mass is 10.1. The van der Waals surface area contributed by atoms with E-state index in [4.69, 9.17) is 42.1 Å². The molecule has 352 valence electrons. The number of nitrogens with two attached hydrogens (primary N) is 1. The van der Waals surface area contributed by atoms with E-state index in [0.29, 0.717) is 62.6 Å². The molecule has 0 unspecified atom stereocenters. The van der Waals surface area contributed by atoms with Crippen molar-refractivity contribution >= 4 is 21.2 Å². The molecule has 0 aliphatic heterocycles. The Morgan fingerprint density at radius 3 is 1.76 bits per heavy atom. The Morgan fingerprint density at radius 1 is 0.729 bits per heavy atom. The number of nitrogens with zero attached hydrogens (tertiary/aromatic N) is 13. The van der Waals surface area contributed by atoms with Crippen LogP contribution in [0.25, 0.3) is 33.8 Å². The summed E-state index contributed by atoms with van der Waals surface area (Å²) in [7, 11) is -0.999. The number of aromatic amines is 1. The first-order chi connectivity index (χ1) is 33.1. The molecule has 70 heavy (non-hydrogen) atoms. The van der Waals surface area contributed by atoms with E-state index in [9.17, 15) is 13.2 Å². The van der Waals surface area contributed by atoms with Crippen molar-refractivity contribution in [3.8, 4) is 65.1 Å². The summed E-state index contributed by atoms with van der Waals surface area (Å²) in [6.45, 7) is 5.22. The molecule has 0 aliphatic rings. The number of aromatic nitrogens is 11. The normalized spacial score (nSPS) is 9.91. The monoisotopic (exact) mass is 958 g/mol. The van der Waals surface area contributed by atoms with E-state index in [2.05, 4.69) is 58.2 Å².